The summed E-state index contributed by atoms with van der Waals surface area (Å²) in [5.41, 5.74) is 4.87. The van der Waals surface area contributed by atoms with Crippen LogP contribution in [0.4, 0.5) is 0 Å². The normalized spacial score (nSPS) is 10.9. The number of aromatic nitrogens is 3. The molecule has 0 aliphatic carbocycles. The Bertz CT molecular complexity index is 746. The number of benzene rings is 1. The van der Waals surface area contributed by atoms with E-state index in [1.54, 1.807) is 11.6 Å². The predicted octanol–water partition coefficient (Wildman–Crippen LogP) is 3.02. The summed E-state index contributed by atoms with van der Waals surface area (Å²) in [6.07, 6.45) is 1.92. The first-order valence-corrected chi connectivity index (χ1v) is 6.15. The zero-order chi connectivity index (χ0) is 13.4. The first-order valence-electron chi connectivity index (χ1n) is 6.15. The molecule has 0 radical (unpaired) electrons. The van der Waals surface area contributed by atoms with Gasteiger partial charge in [-0.1, -0.05) is 11.6 Å². The van der Waals surface area contributed by atoms with Crippen LogP contribution in [0.3, 0.4) is 0 Å². The molecule has 0 atom stereocenters. The van der Waals surface area contributed by atoms with E-state index in [1.165, 1.54) is 5.56 Å². The number of imidazole rings is 1. The van der Waals surface area contributed by atoms with E-state index in [1.807, 2.05) is 37.4 Å². The molecule has 0 bridgehead atoms. The third kappa shape index (κ3) is 2.05. The van der Waals surface area contributed by atoms with Crippen molar-refractivity contribution in [1.29, 1.82) is 0 Å². The SMILES string of the molecule is COc1ccc(C)cc1-c1ccc2nc(C)cn2n1. The van der Waals surface area contributed by atoms with Crippen LogP contribution in [0, 0.1) is 13.8 Å². The van der Waals surface area contributed by atoms with Crippen molar-refractivity contribution in [1.82, 2.24) is 14.6 Å². The van der Waals surface area contributed by atoms with Gasteiger partial charge < -0.3 is 4.74 Å². The molecule has 0 N–H and O–H groups in total. The van der Waals surface area contributed by atoms with Crippen LogP contribution < -0.4 is 4.74 Å². The third-order valence-corrected chi connectivity index (χ3v) is 3.07. The Morgan fingerprint density at radius 3 is 2.74 bits per heavy atom. The summed E-state index contributed by atoms with van der Waals surface area (Å²) < 4.78 is 7.21. The van der Waals surface area contributed by atoms with E-state index in [4.69, 9.17) is 4.74 Å². The highest BCUT2D eigenvalue weighted by molar-refractivity contribution is 5.68. The molecule has 0 unspecified atom stereocenters. The summed E-state index contributed by atoms with van der Waals surface area (Å²) in [6.45, 7) is 4.02. The van der Waals surface area contributed by atoms with E-state index in [2.05, 4.69) is 23.1 Å². The number of nitrogens with zero attached hydrogens (tertiary/aromatic N) is 3. The molecule has 0 spiro atoms. The van der Waals surface area contributed by atoms with Crippen molar-refractivity contribution in [2.24, 2.45) is 0 Å². The molecule has 4 nitrogen and oxygen atoms in total. The number of hydrogen-bond donors (Lipinski definition) is 0. The molecular formula is C15H15N3O. The molecule has 0 aliphatic rings. The van der Waals surface area contributed by atoms with Crippen molar-refractivity contribution in [3.8, 4) is 17.0 Å². The molecule has 3 aromatic rings. The molecule has 0 aliphatic heterocycles. The summed E-state index contributed by atoms with van der Waals surface area (Å²) in [5.74, 6) is 0.828. The van der Waals surface area contributed by atoms with Crippen molar-refractivity contribution in [2.75, 3.05) is 7.11 Å². The molecule has 2 heterocycles. The second kappa shape index (κ2) is 4.39. The Morgan fingerprint density at radius 1 is 1.11 bits per heavy atom. The Labute approximate surface area is 111 Å². The second-order valence-corrected chi connectivity index (χ2v) is 4.61. The van der Waals surface area contributed by atoms with E-state index in [-0.39, 0.29) is 0 Å². The lowest BCUT2D eigenvalue weighted by molar-refractivity contribution is 0.416. The Balaban J connectivity index is 2.20. The average Bonchev–Trinajstić information content (AvgIpc) is 2.77. The summed E-state index contributed by atoms with van der Waals surface area (Å²) >= 11 is 0. The summed E-state index contributed by atoms with van der Waals surface area (Å²) in [7, 11) is 1.67. The lowest BCUT2D eigenvalue weighted by atomic mass is 10.1. The average molecular weight is 253 g/mol. The first-order chi connectivity index (χ1) is 9.17. The smallest absolute Gasteiger partial charge is 0.153 e. The molecule has 0 saturated carbocycles. The highest BCUT2D eigenvalue weighted by Gasteiger charge is 2.09. The molecular weight excluding hydrogens is 238 g/mol. The fourth-order valence-corrected chi connectivity index (χ4v) is 2.17. The Morgan fingerprint density at radius 2 is 1.95 bits per heavy atom. The first kappa shape index (κ1) is 11.7. The standard InChI is InChI=1S/C15H15N3O/c1-10-4-6-14(19-3)12(8-10)13-5-7-15-16-11(2)9-18(15)17-13/h4-9H,1-3H3. The van der Waals surface area contributed by atoms with Gasteiger partial charge in [0, 0.05) is 5.56 Å². The number of fused-ring (bicyclic) bond motifs is 1. The van der Waals surface area contributed by atoms with E-state index >= 15 is 0 Å². The molecule has 0 fully saturated rings. The molecule has 96 valence electrons. The van der Waals surface area contributed by atoms with Crippen LogP contribution in [0.2, 0.25) is 0 Å². The molecule has 2 aromatic heterocycles. The topological polar surface area (TPSA) is 39.4 Å². The molecule has 0 amide bonds. The minimum absolute atomic E-state index is 0.828. The van der Waals surface area contributed by atoms with Gasteiger partial charge in [0.15, 0.2) is 5.65 Å². The maximum Gasteiger partial charge on any atom is 0.153 e. The summed E-state index contributed by atoms with van der Waals surface area (Å²) in [4.78, 5) is 4.38. The molecule has 1 aromatic carbocycles. The lowest BCUT2D eigenvalue weighted by Crippen LogP contribution is -1.95. The van der Waals surface area contributed by atoms with Crippen molar-refractivity contribution < 1.29 is 4.74 Å². The minimum Gasteiger partial charge on any atom is -0.496 e. The maximum atomic E-state index is 5.41. The predicted molar refractivity (Wildman–Crippen MR) is 74.4 cm³/mol. The fourth-order valence-electron chi connectivity index (χ4n) is 2.17. The zero-order valence-corrected chi connectivity index (χ0v) is 11.2. The number of aryl methyl sites for hydroxylation is 2. The van der Waals surface area contributed by atoms with Crippen molar-refractivity contribution in [3.05, 3.63) is 47.8 Å². The van der Waals surface area contributed by atoms with Crippen LogP contribution in [0.1, 0.15) is 11.3 Å². The fraction of sp³-hybridized carbons (Fsp3) is 0.200. The zero-order valence-electron chi connectivity index (χ0n) is 11.2. The minimum atomic E-state index is 0.828. The van der Waals surface area contributed by atoms with Gasteiger partial charge in [0.25, 0.3) is 0 Å². The van der Waals surface area contributed by atoms with Gasteiger partial charge in [0.2, 0.25) is 0 Å². The molecule has 19 heavy (non-hydrogen) atoms. The molecule has 4 heteroatoms. The largest absolute Gasteiger partial charge is 0.496 e. The number of hydrogen-bond acceptors (Lipinski definition) is 3. The van der Waals surface area contributed by atoms with Crippen molar-refractivity contribution in [3.63, 3.8) is 0 Å². The van der Waals surface area contributed by atoms with Crippen LogP contribution in [0.5, 0.6) is 5.75 Å². The third-order valence-electron chi connectivity index (χ3n) is 3.07. The molecule has 3 rings (SSSR count). The Kier molecular flexibility index (Phi) is 2.71. The van der Waals surface area contributed by atoms with Crippen molar-refractivity contribution >= 4 is 5.65 Å². The van der Waals surface area contributed by atoms with Crippen LogP contribution >= 0.6 is 0 Å². The van der Waals surface area contributed by atoms with Crippen LogP contribution in [0.15, 0.2) is 36.5 Å². The van der Waals surface area contributed by atoms with Gasteiger partial charge in [-0.3, -0.25) is 0 Å². The van der Waals surface area contributed by atoms with Crippen LogP contribution in [-0.2, 0) is 0 Å². The quantitative estimate of drug-likeness (QED) is 0.704. The highest BCUT2D eigenvalue weighted by atomic mass is 16.5. The van der Waals surface area contributed by atoms with Gasteiger partial charge in [-0.2, -0.15) is 5.10 Å². The van der Waals surface area contributed by atoms with Gasteiger partial charge in [-0.05, 0) is 38.1 Å². The van der Waals surface area contributed by atoms with Gasteiger partial charge in [-0.25, -0.2) is 9.50 Å². The van der Waals surface area contributed by atoms with Gasteiger partial charge in [0.05, 0.1) is 24.7 Å². The van der Waals surface area contributed by atoms with Crippen LogP contribution in [-0.4, -0.2) is 21.7 Å². The van der Waals surface area contributed by atoms with E-state index in [9.17, 15) is 0 Å². The van der Waals surface area contributed by atoms with E-state index in [0.29, 0.717) is 0 Å². The van der Waals surface area contributed by atoms with Gasteiger partial charge in [0.1, 0.15) is 5.75 Å². The van der Waals surface area contributed by atoms with Gasteiger partial charge >= 0.3 is 0 Å². The van der Waals surface area contributed by atoms with E-state index in [0.717, 1.165) is 28.3 Å². The highest BCUT2D eigenvalue weighted by Crippen LogP contribution is 2.29. The number of methoxy groups -OCH3 is 1. The molecule has 0 saturated heterocycles. The summed E-state index contributed by atoms with van der Waals surface area (Å²) in [5, 5.41) is 4.59. The van der Waals surface area contributed by atoms with Gasteiger partial charge in [-0.15, -0.1) is 0 Å². The monoisotopic (exact) mass is 253 g/mol. The van der Waals surface area contributed by atoms with Crippen molar-refractivity contribution in [2.45, 2.75) is 13.8 Å². The van der Waals surface area contributed by atoms with E-state index < -0.39 is 0 Å². The second-order valence-electron chi connectivity index (χ2n) is 4.61. The van der Waals surface area contributed by atoms with Crippen LogP contribution in [0.25, 0.3) is 16.9 Å². The number of rotatable bonds is 2. The number of ether oxygens (including phenoxy) is 1. The summed E-state index contributed by atoms with van der Waals surface area (Å²) in [6, 6.07) is 10.0. The Hall–Kier alpha value is -2.36. The lowest BCUT2D eigenvalue weighted by Gasteiger charge is -2.09. The maximum absolute atomic E-state index is 5.41.